The van der Waals surface area contributed by atoms with Crippen LogP contribution in [0.5, 0.6) is 0 Å². The van der Waals surface area contributed by atoms with Crippen LogP contribution in [-0.4, -0.2) is 39.7 Å². The summed E-state index contributed by atoms with van der Waals surface area (Å²) in [6, 6.07) is 10.4. The number of halogens is 1. The summed E-state index contributed by atoms with van der Waals surface area (Å²) >= 11 is 7.90. The van der Waals surface area contributed by atoms with Crippen molar-refractivity contribution in [3.8, 4) is 29.5 Å². The summed E-state index contributed by atoms with van der Waals surface area (Å²) in [5.41, 5.74) is 2.40. The number of urea groups is 1. The van der Waals surface area contributed by atoms with Gasteiger partial charge in [0.2, 0.25) is 0 Å². The van der Waals surface area contributed by atoms with Crippen LogP contribution in [0.15, 0.2) is 41.9 Å². The first-order valence-electron chi connectivity index (χ1n) is 10.2. The molecule has 0 radical (unpaired) electrons. The van der Waals surface area contributed by atoms with Gasteiger partial charge in [-0.25, -0.2) is 9.78 Å². The van der Waals surface area contributed by atoms with Crippen molar-refractivity contribution < 1.29 is 9.90 Å². The van der Waals surface area contributed by atoms with E-state index in [4.69, 9.17) is 18.0 Å². The van der Waals surface area contributed by atoms with Gasteiger partial charge in [-0.05, 0) is 36.5 Å². The predicted molar refractivity (Wildman–Crippen MR) is 128 cm³/mol. The number of thiazole rings is 1. The van der Waals surface area contributed by atoms with Gasteiger partial charge in [-0.2, -0.15) is 5.26 Å². The van der Waals surface area contributed by atoms with E-state index >= 15 is 0 Å². The monoisotopic (exact) mass is 477 g/mol. The van der Waals surface area contributed by atoms with Crippen LogP contribution in [0.3, 0.4) is 0 Å². The molecule has 0 saturated heterocycles. The molecule has 3 aromatic rings. The number of carbonyl (C=O) groups is 1. The number of aliphatic hydroxyl groups is 1. The van der Waals surface area contributed by atoms with Crippen molar-refractivity contribution in [2.24, 2.45) is 0 Å². The summed E-state index contributed by atoms with van der Waals surface area (Å²) < 4.78 is 0. The lowest BCUT2D eigenvalue weighted by atomic mass is 9.93. The van der Waals surface area contributed by atoms with E-state index in [-0.39, 0.29) is 6.61 Å². The number of benzene rings is 1. The molecule has 1 unspecified atom stereocenters. The zero-order valence-electron chi connectivity index (χ0n) is 17.7. The number of nitriles is 1. The Balaban J connectivity index is 1.59. The van der Waals surface area contributed by atoms with Crippen LogP contribution in [0.4, 0.5) is 10.6 Å². The van der Waals surface area contributed by atoms with Gasteiger partial charge in [0.05, 0.1) is 24.4 Å². The molecule has 1 aliphatic rings. The second kappa shape index (κ2) is 9.21. The molecule has 1 fully saturated rings. The van der Waals surface area contributed by atoms with Gasteiger partial charge in [0.1, 0.15) is 11.2 Å². The second-order valence-corrected chi connectivity index (χ2v) is 9.02. The number of aromatic nitrogens is 2. The van der Waals surface area contributed by atoms with Gasteiger partial charge in [-0.1, -0.05) is 29.8 Å². The number of nitrogens with zero attached hydrogens (tertiary/aromatic N) is 4. The van der Waals surface area contributed by atoms with E-state index in [0.29, 0.717) is 21.4 Å². The topological polar surface area (TPSA) is 102 Å². The number of terminal acetylenes is 1. The highest BCUT2D eigenvalue weighted by molar-refractivity contribution is 7.10. The highest BCUT2D eigenvalue weighted by Gasteiger charge is 2.47. The fourth-order valence-electron chi connectivity index (χ4n) is 3.68. The molecule has 7 nitrogen and oxygen atoms in total. The van der Waals surface area contributed by atoms with E-state index in [9.17, 15) is 15.2 Å². The molecule has 2 aromatic heterocycles. The minimum absolute atomic E-state index is 0.304. The summed E-state index contributed by atoms with van der Waals surface area (Å²) in [6.07, 6.45) is 8.56. The zero-order chi connectivity index (χ0) is 23.6. The number of rotatable bonds is 6. The molecule has 1 aromatic carbocycles. The Kier molecular flexibility index (Phi) is 6.35. The molecule has 4 rings (SSSR count). The molecule has 2 heterocycles. The van der Waals surface area contributed by atoms with Crippen LogP contribution >= 0.6 is 22.9 Å². The first kappa shape index (κ1) is 22.8. The number of aliphatic hydroxyl groups excluding tert-OH is 1. The van der Waals surface area contributed by atoms with Crippen LogP contribution < -0.4 is 5.32 Å². The lowest BCUT2D eigenvalue weighted by Crippen LogP contribution is -2.36. The van der Waals surface area contributed by atoms with Gasteiger partial charge in [0.25, 0.3) is 0 Å². The molecule has 2 N–H and O–H groups in total. The molecule has 2 amide bonds. The maximum atomic E-state index is 12.7. The number of likely N-dealkylation sites (N-methyl/N-ethyl adjacent to an activating group) is 1. The van der Waals surface area contributed by atoms with Crippen LogP contribution in [0, 0.1) is 23.7 Å². The molecule has 1 atom stereocenters. The molecule has 1 saturated carbocycles. The van der Waals surface area contributed by atoms with Crippen LogP contribution in [0.25, 0.3) is 11.1 Å². The van der Waals surface area contributed by atoms with Gasteiger partial charge in [0.15, 0.2) is 5.01 Å². The third-order valence-corrected chi connectivity index (χ3v) is 6.80. The Morgan fingerprint density at radius 1 is 1.42 bits per heavy atom. The number of carbonyl (C=O) groups excluding carboxylic acids is 1. The molecule has 0 spiro atoms. The Morgan fingerprint density at radius 3 is 2.82 bits per heavy atom. The molecule has 33 heavy (non-hydrogen) atoms. The lowest BCUT2D eigenvalue weighted by Gasteiger charge is -2.27. The molecular formula is C24H20ClN5O2S. The fourth-order valence-corrected chi connectivity index (χ4v) is 4.52. The maximum Gasteiger partial charge on any atom is 0.323 e. The van der Waals surface area contributed by atoms with Crippen molar-refractivity contribution in [3.63, 3.8) is 0 Å². The third-order valence-electron chi connectivity index (χ3n) is 5.72. The quantitative estimate of drug-likeness (QED) is 0.505. The zero-order valence-corrected chi connectivity index (χ0v) is 19.3. The van der Waals surface area contributed by atoms with Crippen LogP contribution in [0.1, 0.15) is 35.1 Å². The van der Waals surface area contributed by atoms with Gasteiger partial charge in [-0.15, -0.1) is 17.8 Å². The van der Waals surface area contributed by atoms with Crippen molar-refractivity contribution in [1.82, 2.24) is 14.9 Å². The van der Waals surface area contributed by atoms with E-state index in [2.05, 4.69) is 27.3 Å². The van der Waals surface area contributed by atoms with E-state index in [1.54, 1.807) is 24.7 Å². The largest absolute Gasteiger partial charge is 0.394 e. The summed E-state index contributed by atoms with van der Waals surface area (Å²) in [5.74, 6) is 2.77. The molecule has 9 heteroatoms. The minimum atomic E-state index is -0.635. The molecule has 166 valence electrons. The van der Waals surface area contributed by atoms with E-state index < -0.39 is 17.5 Å². The smallest absolute Gasteiger partial charge is 0.323 e. The normalized spacial score (nSPS) is 14.6. The number of pyridine rings is 1. The Bertz CT molecular complexity index is 1290. The van der Waals surface area contributed by atoms with E-state index in [0.717, 1.165) is 29.7 Å². The van der Waals surface area contributed by atoms with Crippen molar-refractivity contribution in [1.29, 1.82) is 5.26 Å². The van der Waals surface area contributed by atoms with Gasteiger partial charge < -0.3 is 10.0 Å². The Labute approximate surface area is 200 Å². The number of hydrogen-bond donors (Lipinski definition) is 2. The predicted octanol–water partition coefficient (Wildman–Crippen LogP) is 4.59. The Hall–Kier alpha value is -3.43. The van der Waals surface area contributed by atoms with E-state index in [1.165, 1.54) is 16.2 Å². The summed E-state index contributed by atoms with van der Waals surface area (Å²) in [6.45, 7) is -0.304. The number of anilines is 1. The van der Waals surface area contributed by atoms with Gasteiger partial charge in [-0.3, -0.25) is 10.3 Å². The van der Waals surface area contributed by atoms with Crippen molar-refractivity contribution in [2.45, 2.75) is 24.3 Å². The highest BCUT2D eigenvalue weighted by Crippen LogP contribution is 2.50. The fraction of sp³-hybridized carbons (Fsp3) is 0.250. The SMILES string of the molecule is C#Cc1nc(NC(=O)N(C)C(CO)c2ccc(-c3cccnc3C3(C#N)CC3)c(Cl)c2)cs1. The molecular weight excluding hydrogens is 458 g/mol. The first-order chi connectivity index (χ1) is 15.9. The third kappa shape index (κ3) is 4.42. The average Bonchev–Trinajstić information content (AvgIpc) is 3.50. The number of nitrogens with one attached hydrogen (secondary N) is 1. The van der Waals surface area contributed by atoms with Crippen LogP contribution in [0.2, 0.25) is 5.02 Å². The summed E-state index contributed by atoms with van der Waals surface area (Å²) in [4.78, 5) is 22.7. The number of hydrogen-bond acceptors (Lipinski definition) is 6. The summed E-state index contributed by atoms with van der Waals surface area (Å²) in [7, 11) is 1.58. The van der Waals surface area contributed by atoms with Crippen molar-refractivity contribution in [2.75, 3.05) is 19.0 Å². The van der Waals surface area contributed by atoms with Crippen molar-refractivity contribution in [3.05, 3.63) is 63.2 Å². The molecule has 0 bridgehead atoms. The van der Waals surface area contributed by atoms with Crippen LogP contribution in [-0.2, 0) is 5.41 Å². The lowest BCUT2D eigenvalue weighted by molar-refractivity contribution is 0.159. The van der Waals surface area contributed by atoms with E-state index in [1.807, 2.05) is 24.3 Å². The van der Waals surface area contributed by atoms with Crippen molar-refractivity contribution >= 4 is 34.8 Å². The maximum absolute atomic E-state index is 12.7. The molecule has 0 aliphatic heterocycles. The average molecular weight is 478 g/mol. The first-order valence-corrected chi connectivity index (χ1v) is 11.4. The minimum Gasteiger partial charge on any atom is -0.394 e. The Morgan fingerprint density at radius 2 is 2.21 bits per heavy atom. The number of amides is 2. The van der Waals surface area contributed by atoms with Gasteiger partial charge >= 0.3 is 6.03 Å². The molecule has 1 aliphatic carbocycles. The highest BCUT2D eigenvalue weighted by atomic mass is 35.5. The standard InChI is InChI=1S/C24H20ClN5O2S/c1-3-21-28-20(13-33-21)29-23(32)30(2)19(12-31)15-6-7-16(18(25)11-15)17-5-4-10-27-22(17)24(14-26)8-9-24/h1,4-7,10-11,13,19,31H,8-9,12H2,2H3,(H,29,32). The second-order valence-electron chi connectivity index (χ2n) is 7.75. The summed E-state index contributed by atoms with van der Waals surface area (Å²) in [5, 5.41) is 24.9. The van der Waals surface area contributed by atoms with Gasteiger partial charge in [0, 0.05) is 34.8 Å².